The molecule has 0 aliphatic carbocycles. The molecule has 0 fully saturated rings. The molecule has 1 aromatic carbocycles. The van der Waals surface area contributed by atoms with Crippen LogP contribution in [0.2, 0.25) is 0 Å². The van der Waals surface area contributed by atoms with Crippen LogP contribution in [0.5, 0.6) is 5.88 Å². The number of fused-ring (bicyclic) bond motifs is 1. The normalized spacial score (nSPS) is 19.0. The third-order valence-corrected chi connectivity index (χ3v) is 4.24. The molecular formula is C14H14N2OS. The number of rotatable bonds is 2. The molecular weight excluding hydrogens is 244 g/mol. The summed E-state index contributed by atoms with van der Waals surface area (Å²) in [5.74, 6) is 2.30. The van der Waals surface area contributed by atoms with E-state index in [0.29, 0.717) is 11.8 Å². The number of allylic oxidation sites excluding steroid dienone is 1. The predicted molar refractivity (Wildman–Crippen MR) is 75.7 cm³/mol. The Hall–Kier alpha value is -1.55. The van der Waals surface area contributed by atoms with Crippen molar-refractivity contribution in [3.8, 4) is 5.88 Å². The fourth-order valence-corrected chi connectivity index (χ4v) is 3.15. The Morgan fingerprint density at radius 1 is 1.22 bits per heavy atom. The summed E-state index contributed by atoms with van der Waals surface area (Å²) in [7, 11) is 1.64. The van der Waals surface area contributed by atoms with E-state index in [1.165, 1.54) is 4.91 Å². The van der Waals surface area contributed by atoms with Crippen LogP contribution in [0.1, 0.15) is 12.6 Å². The molecule has 0 bridgehead atoms. The average molecular weight is 258 g/mol. The van der Waals surface area contributed by atoms with Crippen molar-refractivity contribution in [1.82, 2.24) is 9.97 Å². The minimum atomic E-state index is 0.586. The van der Waals surface area contributed by atoms with Crippen molar-refractivity contribution in [2.24, 2.45) is 5.92 Å². The van der Waals surface area contributed by atoms with Gasteiger partial charge in [0.15, 0.2) is 0 Å². The molecule has 18 heavy (non-hydrogen) atoms. The van der Waals surface area contributed by atoms with Crippen molar-refractivity contribution < 1.29 is 4.74 Å². The number of hydrogen-bond donors (Lipinski definition) is 0. The molecule has 2 heterocycles. The SMILES string of the molecule is COc1nc2ccccc2nc1C1=C[C@H](C)CS1. The average Bonchev–Trinajstić information content (AvgIpc) is 2.83. The van der Waals surface area contributed by atoms with Crippen LogP contribution in [0, 0.1) is 5.92 Å². The zero-order valence-corrected chi connectivity index (χ0v) is 11.2. The first-order valence-corrected chi connectivity index (χ1v) is 6.92. The van der Waals surface area contributed by atoms with E-state index in [1.54, 1.807) is 7.11 Å². The van der Waals surface area contributed by atoms with E-state index in [1.807, 2.05) is 36.0 Å². The van der Waals surface area contributed by atoms with Crippen molar-refractivity contribution >= 4 is 27.7 Å². The van der Waals surface area contributed by atoms with Gasteiger partial charge in [0.25, 0.3) is 0 Å². The van der Waals surface area contributed by atoms with Crippen LogP contribution in [0.3, 0.4) is 0 Å². The quantitative estimate of drug-likeness (QED) is 0.827. The lowest BCUT2D eigenvalue weighted by molar-refractivity contribution is 0.396. The third kappa shape index (κ3) is 1.97. The van der Waals surface area contributed by atoms with Gasteiger partial charge in [-0.3, -0.25) is 0 Å². The van der Waals surface area contributed by atoms with Gasteiger partial charge in [0.1, 0.15) is 5.69 Å². The lowest BCUT2D eigenvalue weighted by Gasteiger charge is -2.08. The van der Waals surface area contributed by atoms with E-state index < -0.39 is 0 Å². The lowest BCUT2D eigenvalue weighted by atomic mass is 10.2. The number of hydrogen-bond acceptors (Lipinski definition) is 4. The van der Waals surface area contributed by atoms with Gasteiger partial charge >= 0.3 is 0 Å². The number of ether oxygens (including phenoxy) is 1. The van der Waals surface area contributed by atoms with Gasteiger partial charge < -0.3 is 4.74 Å². The summed E-state index contributed by atoms with van der Waals surface area (Å²) in [6.45, 7) is 2.21. The first-order valence-electron chi connectivity index (χ1n) is 5.93. The van der Waals surface area contributed by atoms with Crippen molar-refractivity contribution in [2.75, 3.05) is 12.9 Å². The van der Waals surface area contributed by atoms with Crippen LogP contribution in [0.15, 0.2) is 30.3 Å². The molecule has 1 aromatic heterocycles. The van der Waals surface area contributed by atoms with E-state index in [4.69, 9.17) is 4.74 Å². The first-order chi connectivity index (χ1) is 8.78. The summed E-state index contributed by atoms with van der Waals surface area (Å²) in [5.41, 5.74) is 2.65. The molecule has 0 amide bonds. The first kappa shape index (κ1) is 11.5. The van der Waals surface area contributed by atoms with Crippen LogP contribution in [0.25, 0.3) is 15.9 Å². The number of thioether (sulfide) groups is 1. The van der Waals surface area contributed by atoms with Crippen molar-refractivity contribution in [2.45, 2.75) is 6.92 Å². The molecule has 1 aliphatic heterocycles. The largest absolute Gasteiger partial charge is 0.479 e. The second-order valence-electron chi connectivity index (χ2n) is 4.39. The highest BCUT2D eigenvalue weighted by atomic mass is 32.2. The Kier molecular flexibility index (Phi) is 2.96. The molecule has 0 N–H and O–H groups in total. The lowest BCUT2D eigenvalue weighted by Crippen LogP contribution is -1.97. The van der Waals surface area contributed by atoms with Crippen molar-refractivity contribution in [1.29, 1.82) is 0 Å². The topological polar surface area (TPSA) is 35.0 Å². The molecule has 4 heteroatoms. The Morgan fingerprint density at radius 2 is 1.94 bits per heavy atom. The zero-order chi connectivity index (χ0) is 12.5. The molecule has 3 rings (SSSR count). The van der Waals surface area contributed by atoms with Gasteiger partial charge in [0, 0.05) is 10.7 Å². The molecule has 92 valence electrons. The van der Waals surface area contributed by atoms with Gasteiger partial charge in [-0.05, 0) is 18.1 Å². The van der Waals surface area contributed by atoms with Crippen LogP contribution in [-0.2, 0) is 0 Å². The second-order valence-corrected chi connectivity index (χ2v) is 5.45. The molecule has 2 aromatic rings. The summed E-state index contributed by atoms with van der Waals surface area (Å²) in [5, 5.41) is 0. The Labute approximate surface area is 110 Å². The van der Waals surface area contributed by atoms with Crippen LogP contribution >= 0.6 is 11.8 Å². The van der Waals surface area contributed by atoms with E-state index >= 15 is 0 Å². The maximum Gasteiger partial charge on any atom is 0.241 e. The minimum absolute atomic E-state index is 0.586. The maximum atomic E-state index is 5.37. The van der Waals surface area contributed by atoms with E-state index in [2.05, 4.69) is 23.0 Å². The monoisotopic (exact) mass is 258 g/mol. The van der Waals surface area contributed by atoms with Gasteiger partial charge in [0.05, 0.1) is 18.1 Å². The van der Waals surface area contributed by atoms with Gasteiger partial charge in [-0.2, -0.15) is 0 Å². The third-order valence-electron chi connectivity index (χ3n) is 2.90. The molecule has 1 atom stereocenters. The number of aromatic nitrogens is 2. The molecule has 3 nitrogen and oxygen atoms in total. The fraction of sp³-hybridized carbons (Fsp3) is 0.286. The fourth-order valence-electron chi connectivity index (χ4n) is 2.01. The summed E-state index contributed by atoms with van der Waals surface area (Å²) < 4.78 is 5.37. The van der Waals surface area contributed by atoms with Crippen molar-refractivity contribution in [3.05, 3.63) is 36.0 Å². The molecule has 1 aliphatic rings. The van der Waals surface area contributed by atoms with Crippen LogP contribution in [0.4, 0.5) is 0 Å². The summed E-state index contributed by atoms with van der Waals surface area (Å²) in [6, 6.07) is 7.87. The van der Waals surface area contributed by atoms with Crippen LogP contribution in [-0.4, -0.2) is 22.8 Å². The predicted octanol–water partition coefficient (Wildman–Crippen LogP) is 3.36. The number of methoxy groups -OCH3 is 1. The van der Waals surface area contributed by atoms with Crippen LogP contribution < -0.4 is 4.74 Å². The standard InChI is InChI=1S/C14H14N2OS/c1-9-7-12(18-8-9)13-14(17-2)16-11-6-4-3-5-10(11)15-13/h3-7,9H,8H2,1-2H3/t9-/m0/s1. The van der Waals surface area contributed by atoms with Gasteiger partial charge in [-0.15, -0.1) is 11.8 Å². The Balaban J connectivity index is 2.18. The van der Waals surface area contributed by atoms with Gasteiger partial charge in [-0.1, -0.05) is 25.1 Å². The summed E-state index contributed by atoms with van der Waals surface area (Å²) in [6.07, 6.45) is 2.24. The highest BCUT2D eigenvalue weighted by molar-refractivity contribution is 8.08. The van der Waals surface area contributed by atoms with E-state index in [0.717, 1.165) is 22.5 Å². The number of nitrogens with zero attached hydrogens (tertiary/aromatic N) is 2. The highest BCUT2D eigenvalue weighted by Gasteiger charge is 2.20. The molecule has 0 saturated carbocycles. The maximum absolute atomic E-state index is 5.37. The summed E-state index contributed by atoms with van der Waals surface area (Å²) >= 11 is 1.82. The Bertz CT molecular complexity index is 624. The number of para-hydroxylation sites is 2. The molecule has 0 unspecified atom stereocenters. The summed E-state index contributed by atoms with van der Waals surface area (Å²) in [4.78, 5) is 10.4. The highest BCUT2D eigenvalue weighted by Crippen LogP contribution is 2.39. The molecule has 0 saturated heterocycles. The molecule has 0 radical (unpaired) electrons. The van der Waals surface area contributed by atoms with E-state index in [-0.39, 0.29) is 0 Å². The smallest absolute Gasteiger partial charge is 0.241 e. The zero-order valence-electron chi connectivity index (χ0n) is 10.4. The second kappa shape index (κ2) is 4.61. The Morgan fingerprint density at radius 3 is 2.56 bits per heavy atom. The van der Waals surface area contributed by atoms with Gasteiger partial charge in [0.2, 0.25) is 5.88 Å². The number of benzene rings is 1. The molecule has 0 spiro atoms. The van der Waals surface area contributed by atoms with Gasteiger partial charge in [-0.25, -0.2) is 9.97 Å². The van der Waals surface area contributed by atoms with E-state index in [9.17, 15) is 0 Å². The minimum Gasteiger partial charge on any atom is -0.479 e. The van der Waals surface area contributed by atoms with Crippen molar-refractivity contribution in [3.63, 3.8) is 0 Å².